The summed E-state index contributed by atoms with van der Waals surface area (Å²) in [7, 11) is 0. The molecule has 0 radical (unpaired) electrons. The van der Waals surface area contributed by atoms with Gasteiger partial charge < -0.3 is 0 Å². The summed E-state index contributed by atoms with van der Waals surface area (Å²) in [5, 5.41) is 13.2. The first kappa shape index (κ1) is 15.2. The third-order valence-electron chi connectivity index (χ3n) is 4.36. The van der Waals surface area contributed by atoms with Gasteiger partial charge in [-0.2, -0.15) is 0 Å². The normalized spacial score (nSPS) is 11.1. The number of benzene rings is 2. The first-order valence-corrected chi connectivity index (χ1v) is 7.94. The van der Waals surface area contributed by atoms with Gasteiger partial charge in [0.2, 0.25) is 0 Å². The van der Waals surface area contributed by atoms with Gasteiger partial charge in [-0.1, -0.05) is 30.3 Å². The molecule has 0 unspecified atom stereocenters. The van der Waals surface area contributed by atoms with Crippen molar-refractivity contribution in [2.45, 2.75) is 13.8 Å². The molecule has 0 atom stereocenters. The zero-order chi connectivity index (χ0) is 17.6. The predicted molar refractivity (Wildman–Crippen MR) is 98.6 cm³/mol. The van der Waals surface area contributed by atoms with Crippen LogP contribution in [0.2, 0.25) is 0 Å². The fraction of sp³-hybridized carbons (Fsp3) is 0.100. The molecule has 0 aliphatic rings. The van der Waals surface area contributed by atoms with Gasteiger partial charge in [0.15, 0.2) is 0 Å². The molecule has 5 heteroatoms. The van der Waals surface area contributed by atoms with Crippen molar-refractivity contribution in [3.05, 3.63) is 76.0 Å². The molecule has 0 fully saturated rings. The second-order valence-electron chi connectivity index (χ2n) is 6.18. The van der Waals surface area contributed by atoms with E-state index in [2.05, 4.69) is 9.97 Å². The van der Waals surface area contributed by atoms with Gasteiger partial charge in [0.05, 0.1) is 16.1 Å². The highest BCUT2D eigenvalue weighted by Gasteiger charge is 2.17. The van der Waals surface area contributed by atoms with Crippen LogP contribution in [0.1, 0.15) is 11.1 Å². The van der Waals surface area contributed by atoms with Crippen LogP contribution in [0.15, 0.2) is 54.7 Å². The molecule has 4 aromatic rings. The molecule has 25 heavy (non-hydrogen) atoms. The third kappa shape index (κ3) is 2.59. The third-order valence-corrected chi connectivity index (χ3v) is 4.36. The average molecular weight is 329 g/mol. The average Bonchev–Trinajstić information content (AvgIpc) is 2.60. The first-order chi connectivity index (χ1) is 12.0. The lowest BCUT2D eigenvalue weighted by molar-refractivity contribution is -0.383. The van der Waals surface area contributed by atoms with Crippen molar-refractivity contribution in [1.82, 2.24) is 9.97 Å². The molecule has 2 heterocycles. The van der Waals surface area contributed by atoms with Gasteiger partial charge in [-0.05, 0) is 37.6 Å². The Morgan fingerprint density at radius 3 is 2.52 bits per heavy atom. The Balaban J connectivity index is 1.93. The molecule has 0 N–H and O–H groups in total. The van der Waals surface area contributed by atoms with Crippen molar-refractivity contribution in [3.63, 3.8) is 0 Å². The predicted octanol–water partition coefficient (Wildman–Crippen LogP) is 4.98. The fourth-order valence-corrected chi connectivity index (χ4v) is 3.04. The zero-order valence-electron chi connectivity index (χ0n) is 13.9. The van der Waals surface area contributed by atoms with E-state index >= 15 is 0 Å². The minimum atomic E-state index is -0.365. The molecule has 0 amide bonds. The molecule has 0 bridgehead atoms. The maximum Gasteiger partial charge on any atom is 0.298 e. The van der Waals surface area contributed by atoms with E-state index in [9.17, 15) is 10.1 Å². The van der Waals surface area contributed by atoms with E-state index in [0.717, 1.165) is 27.4 Å². The van der Waals surface area contributed by atoms with E-state index in [1.54, 1.807) is 19.2 Å². The van der Waals surface area contributed by atoms with Crippen LogP contribution >= 0.6 is 0 Å². The van der Waals surface area contributed by atoms with Crippen molar-refractivity contribution < 1.29 is 4.92 Å². The number of nitrogens with zero attached hydrogens (tertiary/aromatic N) is 3. The van der Waals surface area contributed by atoms with Crippen LogP contribution in [0.5, 0.6) is 0 Å². The topological polar surface area (TPSA) is 68.9 Å². The lowest BCUT2D eigenvalue weighted by atomic mass is 10.1. The van der Waals surface area contributed by atoms with E-state index in [-0.39, 0.29) is 10.6 Å². The van der Waals surface area contributed by atoms with Crippen LogP contribution in [0, 0.1) is 24.0 Å². The molecule has 5 nitrogen and oxygen atoms in total. The number of rotatable bonds is 2. The van der Waals surface area contributed by atoms with Crippen molar-refractivity contribution in [2.24, 2.45) is 0 Å². The maximum absolute atomic E-state index is 11.4. The van der Waals surface area contributed by atoms with Gasteiger partial charge in [-0.3, -0.25) is 15.1 Å². The summed E-state index contributed by atoms with van der Waals surface area (Å²) in [5.74, 6) is 0. The second-order valence-corrected chi connectivity index (χ2v) is 6.18. The Hall–Kier alpha value is -3.34. The van der Waals surface area contributed by atoms with Crippen LogP contribution in [0.3, 0.4) is 0 Å². The summed E-state index contributed by atoms with van der Waals surface area (Å²) in [4.78, 5) is 20.1. The van der Waals surface area contributed by atoms with Crippen LogP contribution < -0.4 is 0 Å². The molecule has 0 saturated heterocycles. The van der Waals surface area contributed by atoms with Crippen LogP contribution in [-0.2, 0) is 0 Å². The SMILES string of the molecule is Cc1ccc2cc(-c3ccc4ccc(C)c([N+](=O)[O-])c4n3)cnc2c1. The molecular formula is C20H15N3O2. The standard InChI is InChI=1S/C20H15N3O2/c1-12-3-5-15-10-16(11-21-18(15)9-12)17-8-7-14-6-4-13(2)20(23(24)25)19(14)22-17/h3-11H,1-2H3. The summed E-state index contributed by atoms with van der Waals surface area (Å²) in [6.07, 6.45) is 1.76. The summed E-state index contributed by atoms with van der Waals surface area (Å²) in [6.45, 7) is 3.76. The van der Waals surface area contributed by atoms with Gasteiger partial charge in [0.1, 0.15) is 5.52 Å². The number of nitro groups is 1. The van der Waals surface area contributed by atoms with E-state index in [0.29, 0.717) is 16.8 Å². The lowest BCUT2D eigenvalue weighted by Gasteiger charge is -2.07. The molecule has 4 rings (SSSR count). The van der Waals surface area contributed by atoms with Crippen molar-refractivity contribution in [1.29, 1.82) is 0 Å². The smallest absolute Gasteiger partial charge is 0.258 e. The molecule has 0 aliphatic carbocycles. The van der Waals surface area contributed by atoms with E-state index in [1.807, 2.05) is 49.4 Å². The molecule has 0 aliphatic heterocycles. The summed E-state index contributed by atoms with van der Waals surface area (Å²) in [6, 6.07) is 15.4. The molecule has 2 aromatic heterocycles. The lowest BCUT2D eigenvalue weighted by Crippen LogP contribution is -1.96. The number of fused-ring (bicyclic) bond motifs is 2. The van der Waals surface area contributed by atoms with Crippen LogP contribution in [0.25, 0.3) is 33.1 Å². The van der Waals surface area contributed by atoms with Crippen molar-refractivity contribution in [2.75, 3.05) is 0 Å². The monoisotopic (exact) mass is 329 g/mol. The van der Waals surface area contributed by atoms with Gasteiger partial charge in [-0.25, -0.2) is 4.98 Å². The highest BCUT2D eigenvalue weighted by Crippen LogP contribution is 2.30. The molecule has 2 aromatic carbocycles. The Labute approximate surface area is 144 Å². The summed E-state index contributed by atoms with van der Waals surface area (Å²) >= 11 is 0. The van der Waals surface area contributed by atoms with E-state index in [4.69, 9.17) is 0 Å². The van der Waals surface area contributed by atoms with Crippen molar-refractivity contribution in [3.8, 4) is 11.3 Å². The molecule has 0 saturated carbocycles. The largest absolute Gasteiger partial charge is 0.298 e. The summed E-state index contributed by atoms with van der Waals surface area (Å²) < 4.78 is 0. The van der Waals surface area contributed by atoms with Gasteiger partial charge in [0.25, 0.3) is 5.69 Å². The Morgan fingerprint density at radius 2 is 1.72 bits per heavy atom. The highest BCUT2D eigenvalue weighted by molar-refractivity contribution is 5.91. The minimum Gasteiger partial charge on any atom is -0.258 e. The summed E-state index contributed by atoms with van der Waals surface area (Å²) in [5.41, 5.74) is 4.67. The molecule has 0 spiro atoms. The van der Waals surface area contributed by atoms with E-state index in [1.165, 1.54) is 0 Å². The molecular weight excluding hydrogens is 314 g/mol. The van der Waals surface area contributed by atoms with Gasteiger partial charge in [-0.15, -0.1) is 0 Å². The number of hydrogen-bond acceptors (Lipinski definition) is 4. The highest BCUT2D eigenvalue weighted by atomic mass is 16.6. The van der Waals surface area contributed by atoms with Gasteiger partial charge >= 0.3 is 0 Å². The number of nitro benzene ring substituents is 1. The number of aromatic nitrogens is 2. The van der Waals surface area contributed by atoms with E-state index < -0.39 is 0 Å². The van der Waals surface area contributed by atoms with Gasteiger partial charge in [0, 0.05) is 28.1 Å². The molecule has 122 valence electrons. The fourth-order valence-electron chi connectivity index (χ4n) is 3.04. The maximum atomic E-state index is 11.4. The van der Waals surface area contributed by atoms with Crippen LogP contribution in [0.4, 0.5) is 5.69 Å². The Kier molecular flexibility index (Phi) is 3.42. The number of aryl methyl sites for hydroxylation is 2. The van der Waals surface area contributed by atoms with Crippen LogP contribution in [-0.4, -0.2) is 14.9 Å². The minimum absolute atomic E-state index is 0.0590. The second kappa shape index (κ2) is 5.63. The van der Waals surface area contributed by atoms with Crippen molar-refractivity contribution >= 4 is 27.5 Å². The zero-order valence-corrected chi connectivity index (χ0v) is 13.9. The number of hydrogen-bond donors (Lipinski definition) is 0. The Morgan fingerprint density at radius 1 is 0.960 bits per heavy atom. The number of pyridine rings is 2. The Bertz CT molecular complexity index is 1150. The quantitative estimate of drug-likeness (QED) is 0.384. The first-order valence-electron chi connectivity index (χ1n) is 7.94.